The number of anilines is 1. The van der Waals surface area contributed by atoms with Gasteiger partial charge in [0, 0.05) is 35.1 Å². The zero-order chi connectivity index (χ0) is 29.2. The minimum Gasteiger partial charge on any atom is -0.358 e. The van der Waals surface area contributed by atoms with E-state index in [0.717, 1.165) is 11.1 Å². The molecule has 3 aliphatic heterocycles. The third-order valence-electron chi connectivity index (χ3n) is 8.60. The molecule has 0 saturated carbocycles. The van der Waals surface area contributed by atoms with E-state index in [0.29, 0.717) is 11.3 Å². The number of non-ortho nitro benzene ring substituents is 1. The van der Waals surface area contributed by atoms with Crippen LogP contribution < -0.4 is 5.32 Å². The van der Waals surface area contributed by atoms with Crippen molar-refractivity contribution in [2.45, 2.75) is 17.5 Å². The van der Waals surface area contributed by atoms with Gasteiger partial charge in [0.1, 0.15) is 11.5 Å². The first kappa shape index (κ1) is 25.9. The smallest absolute Gasteiger partial charge is 0.270 e. The molecule has 4 aromatic carbocycles. The van der Waals surface area contributed by atoms with E-state index in [1.165, 1.54) is 24.3 Å². The van der Waals surface area contributed by atoms with Crippen LogP contribution in [0.4, 0.5) is 11.4 Å². The number of para-hydroxylation sites is 1. The summed E-state index contributed by atoms with van der Waals surface area (Å²) in [6, 6.07) is 24.9. The third kappa shape index (κ3) is 3.51. The molecule has 1 N–H and O–H groups in total. The Morgan fingerprint density at radius 3 is 2.45 bits per heavy atom. The van der Waals surface area contributed by atoms with Gasteiger partial charge in [-0.3, -0.25) is 24.5 Å². The van der Waals surface area contributed by atoms with E-state index in [1.54, 1.807) is 47.5 Å². The van der Waals surface area contributed by atoms with Crippen LogP contribution in [0.25, 0.3) is 6.08 Å². The number of nitro benzene ring substituents is 1. The Balaban J connectivity index is 1.54. The van der Waals surface area contributed by atoms with Gasteiger partial charge in [-0.25, -0.2) is 0 Å². The van der Waals surface area contributed by atoms with E-state index in [9.17, 15) is 24.5 Å². The van der Waals surface area contributed by atoms with Crippen molar-refractivity contribution >= 4 is 46.5 Å². The number of ketones is 2. The van der Waals surface area contributed by atoms with Crippen LogP contribution in [-0.4, -0.2) is 33.3 Å². The van der Waals surface area contributed by atoms with E-state index in [2.05, 4.69) is 5.32 Å². The highest BCUT2D eigenvalue weighted by molar-refractivity contribution is 6.34. The second kappa shape index (κ2) is 9.49. The number of rotatable bonds is 5. The van der Waals surface area contributed by atoms with Gasteiger partial charge in [0.25, 0.3) is 5.69 Å². The summed E-state index contributed by atoms with van der Waals surface area (Å²) in [7, 11) is 0. The molecule has 1 amide bonds. The zero-order valence-electron chi connectivity index (χ0n) is 21.9. The molecular weight excluding hydrogens is 554 g/mol. The van der Waals surface area contributed by atoms with E-state index in [1.807, 2.05) is 42.5 Å². The molecule has 3 aliphatic rings. The maximum atomic E-state index is 14.8. The summed E-state index contributed by atoms with van der Waals surface area (Å²) in [5, 5.41) is 14.8. The van der Waals surface area contributed by atoms with E-state index in [-0.39, 0.29) is 21.8 Å². The predicted molar refractivity (Wildman–Crippen MR) is 157 cm³/mol. The molecule has 42 heavy (non-hydrogen) atoms. The van der Waals surface area contributed by atoms with Gasteiger partial charge in [0.05, 0.1) is 21.9 Å². The average Bonchev–Trinajstić information content (AvgIpc) is 3.49. The summed E-state index contributed by atoms with van der Waals surface area (Å²) in [5.41, 5.74) is 1.32. The van der Waals surface area contributed by atoms with Gasteiger partial charge in [-0.1, -0.05) is 78.3 Å². The number of benzene rings is 4. The Kier molecular flexibility index (Phi) is 5.85. The fraction of sp³-hybridized carbons (Fsp3) is 0.121. The zero-order valence-corrected chi connectivity index (χ0v) is 22.7. The van der Waals surface area contributed by atoms with Crippen LogP contribution in [0.1, 0.15) is 43.4 Å². The van der Waals surface area contributed by atoms with Crippen molar-refractivity contribution in [3.8, 4) is 0 Å². The summed E-state index contributed by atoms with van der Waals surface area (Å²) >= 11 is 6.55. The largest absolute Gasteiger partial charge is 0.358 e. The molecule has 4 aromatic rings. The second-order valence-electron chi connectivity index (χ2n) is 10.6. The molecule has 9 heteroatoms. The molecule has 1 saturated heterocycles. The summed E-state index contributed by atoms with van der Waals surface area (Å²) in [6.07, 6.45) is 3.61. The number of carbonyl (C=O) groups excluding carboxylic acids is 3. The number of carbonyl (C=O) groups is 3. The molecule has 1 spiro atoms. The number of nitrogens with zero attached hydrogens (tertiary/aromatic N) is 2. The molecule has 0 aromatic heterocycles. The van der Waals surface area contributed by atoms with Crippen molar-refractivity contribution in [1.82, 2.24) is 4.90 Å². The number of fused-ring (bicyclic) bond motifs is 6. The third-order valence-corrected chi connectivity index (χ3v) is 8.93. The lowest BCUT2D eigenvalue weighted by molar-refractivity contribution is -0.384. The summed E-state index contributed by atoms with van der Waals surface area (Å²) in [4.78, 5) is 56.6. The summed E-state index contributed by atoms with van der Waals surface area (Å²) in [5.74, 6) is -2.60. The monoisotopic (exact) mass is 575 g/mol. The lowest BCUT2D eigenvalue weighted by atomic mass is 9.62. The van der Waals surface area contributed by atoms with Gasteiger partial charge in [0.15, 0.2) is 11.6 Å². The first-order valence-electron chi connectivity index (χ1n) is 13.4. The summed E-state index contributed by atoms with van der Waals surface area (Å²) < 4.78 is 0. The highest BCUT2D eigenvalue weighted by Gasteiger charge is 2.70. The first-order chi connectivity index (χ1) is 20.3. The fourth-order valence-corrected chi connectivity index (χ4v) is 7.17. The Labute approximate surface area is 245 Å². The van der Waals surface area contributed by atoms with Crippen molar-refractivity contribution in [2.24, 2.45) is 5.92 Å². The van der Waals surface area contributed by atoms with Crippen molar-refractivity contribution in [2.75, 3.05) is 5.32 Å². The average molecular weight is 576 g/mol. The Morgan fingerprint density at radius 1 is 0.905 bits per heavy atom. The van der Waals surface area contributed by atoms with E-state index < -0.39 is 45.8 Å². The quantitative estimate of drug-likeness (QED) is 0.172. The molecular formula is C33H22ClN3O5. The highest BCUT2D eigenvalue weighted by Crippen LogP contribution is 2.62. The maximum absolute atomic E-state index is 14.8. The lowest BCUT2D eigenvalue weighted by Gasteiger charge is -2.38. The molecule has 0 bridgehead atoms. The molecule has 4 atom stereocenters. The Hall–Kier alpha value is -5.08. The van der Waals surface area contributed by atoms with Crippen LogP contribution in [0, 0.1) is 16.0 Å². The van der Waals surface area contributed by atoms with E-state index in [4.69, 9.17) is 11.6 Å². The lowest BCUT2D eigenvalue weighted by Crippen LogP contribution is -2.49. The van der Waals surface area contributed by atoms with Gasteiger partial charge in [-0.15, -0.1) is 0 Å². The topological polar surface area (TPSA) is 110 Å². The molecule has 206 valence electrons. The van der Waals surface area contributed by atoms with Gasteiger partial charge in [-0.05, 0) is 41.0 Å². The van der Waals surface area contributed by atoms with Crippen molar-refractivity contribution in [1.29, 1.82) is 0 Å². The SMILES string of the molecule is O=C(c1cccc([N+](=O)[O-])c1)[C@@H]1[C@H](C(=O)c2ccccc2Cl)[C@]2(C(=O)Nc3ccccc32)[C@H]2c3ccccc3C=CN12. The number of Topliss-reactive ketones (excluding diaryl/α,β-unsaturated/α-hetero) is 2. The van der Waals surface area contributed by atoms with Gasteiger partial charge >= 0.3 is 0 Å². The van der Waals surface area contributed by atoms with Gasteiger partial charge < -0.3 is 10.2 Å². The van der Waals surface area contributed by atoms with Gasteiger partial charge in [0.2, 0.25) is 5.91 Å². The molecule has 3 heterocycles. The number of hydrogen-bond donors (Lipinski definition) is 1. The molecule has 0 radical (unpaired) electrons. The second-order valence-corrected chi connectivity index (χ2v) is 11.0. The van der Waals surface area contributed by atoms with Crippen LogP contribution in [0.2, 0.25) is 5.02 Å². The van der Waals surface area contributed by atoms with Gasteiger partial charge in [-0.2, -0.15) is 0 Å². The molecule has 1 fully saturated rings. The number of halogens is 1. The van der Waals surface area contributed by atoms with Crippen LogP contribution in [0.3, 0.4) is 0 Å². The summed E-state index contributed by atoms with van der Waals surface area (Å²) in [6.45, 7) is 0. The molecule has 7 rings (SSSR count). The minimum absolute atomic E-state index is 0.0703. The maximum Gasteiger partial charge on any atom is 0.270 e. The van der Waals surface area contributed by atoms with Crippen LogP contribution in [-0.2, 0) is 10.2 Å². The standard InChI is InChI=1S/C33H22ClN3O5/c34-25-14-5-3-12-23(25)30(39)27-28(29(38)20-9-7-10-21(18-20)37(41)42)36-17-16-19-8-1-2-11-22(19)31(36)33(27)24-13-4-6-15-26(24)35-32(33)40/h1-18,27-28,31H,(H,35,40)/t27-,28+,31-,33+/m1/s1. The van der Waals surface area contributed by atoms with Crippen molar-refractivity contribution in [3.05, 3.63) is 146 Å². The minimum atomic E-state index is -1.52. The normalized spacial score (nSPS) is 23.2. The van der Waals surface area contributed by atoms with Crippen LogP contribution >= 0.6 is 11.6 Å². The Bertz CT molecular complexity index is 1870. The van der Waals surface area contributed by atoms with Crippen molar-refractivity contribution in [3.63, 3.8) is 0 Å². The number of nitrogens with one attached hydrogen (secondary N) is 1. The molecule has 0 aliphatic carbocycles. The first-order valence-corrected chi connectivity index (χ1v) is 13.7. The fourth-order valence-electron chi connectivity index (χ4n) is 6.94. The Morgan fingerprint density at radius 2 is 1.64 bits per heavy atom. The molecule has 8 nitrogen and oxygen atoms in total. The van der Waals surface area contributed by atoms with Crippen molar-refractivity contribution < 1.29 is 19.3 Å². The predicted octanol–water partition coefficient (Wildman–Crippen LogP) is 6.23. The number of amides is 1. The van der Waals surface area contributed by atoms with Crippen LogP contribution in [0.5, 0.6) is 0 Å². The van der Waals surface area contributed by atoms with Crippen LogP contribution in [0.15, 0.2) is 103 Å². The highest BCUT2D eigenvalue weighted by atomic mass is 35.5. The molecule has 0 unspecified atom stereocenters. The number of hydrogen-bond acceptors (Lipinski definition) is 6. The number of nitro groups is 1. The van der Waals surface area contributed by atoms with E-state index >= 15 is 0 Å².